The molecule has 30 heavy (non-hydrogen) atoms. The first kappa shape index (κ1) is 17.4. The molecule has 3 aromatic rings. The lowest BCUT2D eigenvalue weighted by Gasteiger charge is -2.13. The summed E-state index contributed by atoms with van der Waals surface area (Å²) in [5.74, 6) is -10.9. The van der Waals surface area contributed by atoms with Gasteiger partial charge in [-0.25, -0.2) is 27.3 Å². The highest BCUT2D eigenvalue weighted by Crippen LogP contribution is 2.36. The van der Waals surface area contributed by atoms with E-state index in [9.17, 15) is 27.2 Å². The molecule has 6 nitrogen and oxygen atoms in total. The zero-order valence-corrected chi connectivity index (χ0v) is 15.7. The fourth-order valence-electron chi connectivity index (χ4n) is 2.61. The third-order valence-electron chi connectivity index (χ3n) is 3.89. The van der Waals surface area contributed by atoms with Crippen molar-refractivity contribution in [2.75, 3.05) is 12.4 Å². The van der Waals surface area contributed by atoms with E-state index >= 15 is 0 Å². The maximum Gasteiger partial charge on any atom is 0.356 e. The second kappa shape index (κ2) is 8.11. The number of ether oxygens (including phenoxy) is 1. The minimum atomic E-state index is -2.88. The van der Waals surface area contributed by atoms with Crippen molar-refractivity contribution >= 4 is 28.9 Å². The number of nitrogens with one attached hydrogen (secondary N) is 1. The van der Waals surface area contributed by atoms with Gasteiger partial charge in [-0.1, -0.05) is 12.1 Å². The van der Waals surface area contributed by atoms with Crippen molar-refractivity contribution in [3.63, 3.8) is 0 Å². The summed E-state index contributed by atoms with van der Waals surface area (Å²) in [6, 6.07) is 4.23. The molecule has 0 spiro atoms. The van der Waals surface area contributed by atoms with Gasteiger partial charge < -0.3 is 15.2 Å². The Morgan fingerprint density at radius 1 is 1.17 bits per heavy atom. The van der Waals surface area contributed by atoms with E-state index in [-0.39, 0.29) is 10.8 Å². The van der Waals surface area contributed by atoms with Gasteiger partial charge in [0.15, 0.2) is 29.0 Å². The number of amides is 1. The van der Waals surface area contributed by atoms with Crippen molar-refractivity contribution in [3.05, 3.63) is 63.1 Å². The lowest BCUT2D eigenvalue weighted by Crippen LogP contribution is -2.18. The van der Waals surface area contributed by atoms with Gasteiger partial charge in [-0.3, -0.25) is 4.79 Å². The second-order valence-corrected chi connectivity index (χ2v) is 7.01. The smallest absolute Gasteiger partial charge is 0.356 e. The number of aryl methyl sites for hydroxylation is 1. The molecule has 0 fully saturated rings. The number of thiazole rings is 1. The molecular weight excluding hydrogens is 428 g/mol. The molecule has 3 rings (SSSR count). The zero-order chi connectivity index (χ0) is 24.7. The van der Waals surface area contributed by atoms with Gasteiger partial charge in [-0.05, 0) is 24.6 Å². The molecule has 2 aromatic carbocycles. The molecule has 156 valence electrons. The maximum atomic E-state index is 14.7. The van der Waals surface area contributed by atoms with E-state index in [0.29, 0.717) is 11.3 Å². The Morgan fingerprint density at radius 2 is 1.83 bits per heavy atom. The van der Waals surface area contributed by atoms with Gasteiger partial charge in [0.2, 0.25) is 0 Å². The fourth-order valence-corrected chi connectivity index (χ4v) is 3.41. The first-order valence-electron chi connectivity index (χ1n) is 9.47. The number of methoxy groups -OCH3 is 1. The highest BCUT2D eigenvalue weighted by Gasteiger charge is 2.29. The number of nitrogens with zero attached hydrogens (tertiary/aromatic N) is 1. The summed E-state index contributed by atoms with van der Waals surface area (Å²) in [6.07, 6.45) is 0. The lowest BCUT2D eigenvalue weighted by atomic mass is 10.0. The van der Waals surface area contributed by atoms with Crippen molar-refractivity contribution in [1.82, 2.24) is 4.98 Å². The highest BCUT2D eigenvalue weighted by molar-refractivity contribution is 7.14. The van der Waals surface area contributed by atoms with E-state index in [4.69, 9.17) is 9.22 Å². The number of hydrogen-bond acceptors (Lipinski definition) is 5. The number of aromatic nitrogens is 1. The average molecular weight is 443 g/mol. The van der Waals surface area contributed by atoms with Crippen LogP contribution in [0.15, 0.2) is 24.3 Å². The zero-order valence-electron chi connectivity index (χ0n) is 17.8. The topological polar surface area (TPSA) is 88.5 Å². The number of carboxylic acids is 1. The fraction of sp³-hybridized carbons (Fsp3) is 0.105. The minimum absolute atomic E-state index is 0.158. The van der Waals surface area contributed by atoms with Crippen LogP contribution < -0.4 is 10.1 Å². The van der Waals surface area contributed by atoms with Crippen LogP contribution in [0.4, 0.5) is 23.2 Å². The molecule has 1 amide bonds. The van der Waals surface area contributed by atoms with Crippen LogP contribution in [0.25, 0.3) is 11.1 Å². The predicted octanol–water partition coefficient (Wildman–Crippen LogP) is 4.63. The quantitative estimate of drug-likeness (QED) is 0.443. The van der Waals surface area contributed by atoms with Crippen molar-refractivity contribution in [2.24, 2.45) is 0 Å². The molecule has 0 aliphatic heterocycles. The number of anilines is 1. The monoisotopic (exact) mass is 443 g/mol. The Labute approximate surface area is 175 Å². The summed E-state index contributed by atoms with van der Waals surface area (Å²) in [6.45, 7) is 1.38. The first-order valence-corrected chi connectivity index (χ1v) is 8.79. The Morgan fingerprint density at radius 3 is 2.43 bits per heavy atom. The number of rotatable bonds is 5. The molecule has 1 aromatic heterocycles. The van der Waals surface area contributed by atoms with E-state index in [2.05, 4.69) is 9.72 Å². The van der Waals surface area contributed by atoms with Crippen LogP contribution in [0.3, 0.4) is 0 Å². The van der Waals surface area contributed by atoms with Gasteiger partial charge in [0.1, 0.15) is 16.3 Å². The number of aromatic carboxylic acids is 1. The summed E-state index contributed by atoms with van der Waals surface area (Å²) in [5.41, 5.74) is -3.77. The number of halogens is 4. The molecular formula is C19H12F4N2O4S. The molecule has 0 saturated heterocycles. The molecule has 0 unspecified atom stereocenters. The van der Waals surface area contributed by atoms with Gasteiger partial charge in [-0.2, -0.15) is 0 Å². The molecule has 0 bridgehead atoms. The van der Waals surface area contributed by atoms with Gasteiger partial charge in [0.05, 0.1) is 21.7 Å². The molecule has 11 heteroatoms. The van der Waals surface area contributed by atoms with Crippen molar-refractivity contribution in [1.29, 1.82) is 0 Å². The lowest BCUT2D eigenvalue weighted by molar-refractivity contribution is 0.0687. The van der Waals surface area contributed by atoms with E-state index < -0.39 is 69.6 Å². The molecule has 0 radical (unpaired) electrons. The van der Waals surface area contributed by atoms with Crippen LogP contribution in [-0.2, 0) is 0 Å². The SMILES string of the molecule is [2H]C([2H])([2H])Oc1cccc(-c2c(F)c(F)c(NC(=O)c3sc(C)nc3C(=O)O)c(F)c2F)c1. The van der Waals surface area contributed by atoms with Crippen LogP contribution in [0.5, 0.6) is 5.75 Å². The van der Waals surface area contributed by atoms with Crippen molar-refractivity contribution in [2.45, 2.75) is 6.92 Å². The number of carbonyl (C=O) groups is 2. The Kier molecular flexibility index (Phi) is 4.70. The average Bonchev–Trinajstić information content (AvgIpc) is 3.11. The number of carboxylic acid groups (broad SMARTS) is 1. The Balaban J connectivity index is 2.05. The minimum Gasteiger partial charge on any atom is -0.497 e. The number of benzene rings is 2. The van der Waals surface area contributed by atoms with Crippen LogP contribution in [0.1, 0.15) is 29.3 Å². The predicted molar refractivity (Wildman–Crippen MR) is 100 cm³/mol. The summed E-state index contributed by atoms with van der Waals surface area (Å²) in [7, 11) is -2.88. The summed E-state index contributed by atoms with van der Waals surface area (Å²) in [5, 5.41) is 10.9. The third kappa shape index (κ3) is 3.71. The van der Waals surface area contributed by atoms with E-state index in [1.165, 1.54) is 6.92 Å². The molecule has 0 aliphatic rings. The standard InChI is InChI=1S/C19H12F4N2O4S/c1-7-24-16(19(27)28)17(30-7)18(26)25-15-13(22)11(20)10(12(21)14(15)23)8-4-3-5-9(6-8)29-2/h3-6H,1-2H3,(H,25,26)(H,27,28)/i2D3. The van der Waals surface area contributed by atoms with Crippen LogP contribution in [0.2, 0.25) is 0 Å². The van der Waals surface area contributed by atoms with Crippen molar-refractivity contribution < 1.29 is 41.1 Å². The third-order valence-corrected chi connectivity index (χ3v) is 4.85. The van der Waals surface area contributed by atoms with Crippen molar-refractivity contribution in [3.8, 4) is 16.9 Å². The van der Waals surface area contributed by atoms with Crippen LogP contribution in [-0.4, -0.2) is 29.0 Å². The summed E-state index contributed by atoms with van der Waals surface area (Å²) >= 11 is 0.600. The van der Waals surface area contributed by atoms with Crippen LogP contribution >= 0.6 is 11.3 Å². The first-order chi connectivity index (χ1) is 15.3. The summed E-state index contributed by atoms with van der Waals surface area (Å²) in [4.78, 5) is 26.6. The highest BCUT2D eigenvalue weighted by atomic mass is 32.1. The largest absolute Gasteiger partial charge is 0.497 e. The molecule has 2 N–H and O–H groups in total. The Bertz CT molecular complexity index is 1250. The van der Waals surface area contributed by atoms with E-state index in [0.717, 1.165) is 24.3 Å². The molecule has 0 aliphatic carbocycles. The van der Waals surface area contributed by atoms with E-state index in [1.807, 2.05) is 0 Å². The number of hydrogen-bond donors (Lipinski definition) is 2. The molecule has 0 saturated carbocycles. The number of carbonyl (C=O) groups excluding carboxylic acids is 1. The molecule has 0 atom stereocenters. The van der Waals surface area contributed by atoms with Gasteiger partial charge in [0.25, 0.3) is 5.91 Å². The van der Waals surface area contributed by atoms with Gasteiger partial charge in [0, 0.05) is 0 Å². The van der Waals surface area contributed by atoms with Crippen LogP contribution in [0, 0.1) is 30.2 Å². The Hall–Kier alpha value is -3.47. The summed E-state index contributed by atoms with van der Waals surface area (Å²) < 4.78 is 84.6. The van der Waals surface area contributed by atoms with Gasteiger partial charge in [-0.15, -0.1) is 11.3 Å². The second-order valence-electron chi connectivity index (χ2n) is 5.81. The van der Waals surface area contributed by atoms with E-state index in [1.54, 1.807) is 5.32 Å². The van der Waals surface area contributed by atoms with Gasteiger partial charge >= 0.3 is 5.97 Å². The molecule has 1 heterocycles. The normalized spacial score (nSPS) is 12.6. The maximum absolute atomic E-state index is 14.7.